The van der Waals surface area contributed by atoms with E-state index in [1.54, 1.807) is 6.07 Å². The Kier molecular flexibility index (Phi) is 10.5. The summed E-state index contributed by atoms with van der Waals surface area (Å²) >= 11 is 0. The number of allylic oxidation sites excluding steroid dienone is 2. The maximum atomic E-state index is 14.0. The van der Waals surface area contributed by atoms with Gasteiger partial charge in [-0.1, -0.05) is 0 Å². The Morgan fingerprint density at radius 3 is 2.40 bits per heavy atom. The summed E-state index contributed by atoms with van der Waals surface area (Å²) in [6, 6.07) is 10.7. The number of carbonyl (C=O) groups excluding carboxylic acids is 3. The molecule has 3 aliphatic carbocycles. The zero-order valence-corrected chi connectivity index (χ0v) is 28.5. The molecule has 1 amide bonds. The zero-order valence-electron chi connectivity index (χ0n) is 27.5. The van der Waals surface area contributed by atoms with Gasteiger partial charge in [0.1, 0.15) is 11.3 Å². The molecule has 0 bridgehead atoms. The van der Waals surface area contributed by atoms with E-state index in [4.69, 9.17) is 14.8 Å². The summed E-state index contributed by atoms with van der Waals surface area (Å²) in [5, 5.41) is 44.2. The van der Waals surface area contributed by atoms with E-state index in [1.165, 1.54) is 6.07 Å². The molecule has 0 heterocycles. The molecule has 0 saturated heterocycles. The van der Waals surface area contributed by atoms with Gasteiger partial charge in [-0.3, -0.25) is 9.59 Å². The van der Waals surface area contributed by atoms with Gasteiger partial charge in [-0.25, -0.2) is 0 Å². The molecule has 0 fully saturated rings. The van der Waals surface area contributed by atoms with Crippen molar-refractivity contribution < 1.29 is 48.8 Å². The van der Waals surface area contributed by atoms with Gasteiger partial charge in [-0.15, -0.1) is 0 Å². The number of nitrogens with two attached hydrogens (primary N) is 1. The fraction of sp³-hybridized carbons (Fsp3) is 0.457. The van der Waals surface area contributed by atoms with Crippen molar-refractivity contribution in [1.82, 2.24) is 4.67 Å². The van der Waals surface area contributed by atoms with Gasteiger partial charge in [0, 0.05) is 0 Å². The number of nitrogens with zero attached hydrogens (tertiary/aromatic N) is 1. The monoisotopic (exact) mass is 684 g/mol. The summed E-state index contributed by atoms with van der Waals surface area (Å²) in [6.45, 7) is 7.25. The van der Waals surface area contributed by atoms with Gasteiger partial charge in [-0.2, -0.15) is 0 Å². The van der Waals surface area contributed by atoms with Crippen LogP contribution in [0, 0.1) is 11.8 Å². The topological polar surface area (TPSA) is 200 Å². The molecule has 260 valence electrons. The van der Waals surface area contributed by atoms with Crippen LogP contribution in [0.15, 0.2) is 59.1 Å². The third-order valence-electron chi connectivity index (χ3n) is 9.65. The van der Waals surface area contributed by atoms with Crippen molar-refractivity contribution in [3.8, 4) is 16.9 Å². The van der Waals surface area contributed by atoms with Crippen LogP contribution in [-0.4, -0.2) is 72.8 Å². The van der Waals surface area contributed by atoms with E-state index in [9.17, 15) is 39.7 Å². The number of hydrogen-bond donors (Lipinski definition) is 6. The molecule has 0 saturated carbocycles. The first-order valence-electron chi connectivity index (χ1n) is 16.5. The molecule has 12 nitrogen and oxygen atoms in total. The Balaban J connectivity index is 1.53. The molecule has 2 aromatic rings. The molecule has 3 aliphatic rings. The number of hydrogen-bond acceptors (Lipinski definition) is 11. The van der Waals surface area contributed by atoms with E-state index in [0.717, 1.165) is 30.4 Å². The van der Waals surface area contributed by atoms with Crippen molar-refractivity contribution in [3.63, 3.8) is 0 Å². The minimum absolute atomic E-state index is 0.0445. The number of aliphatic hydroxyl groups is 3. The predicted molar refractivity (Wildman–Crippen MR) is 180 cm³/mol. The summed E-state index contributed by atoms with van der Waals surface area (Å²) in [5.41, 5.74) is 4.45. The van der Waals surface area contributed by atoms with E-state index in [0.29, 0.717) is 37.4 Å². The molecule has 0 aliphatic heterocycles. The van der Waals surface area contributed by atoms with E-state index >= 15 is 0 Å². The number of phenolic OH excluding ortho intramolecular Hbond substituents is 1. The standard InChI is InChI=1S/C35H45N2O10P/c1-4-7-8-14-37(48(45,46-5-2)47-6-3)19-20-10-9-11-21(15-20)24-12-13-26(38)29-25(24)17-22-16-23-18-27(39)30(34(36)43)33(42)35(23,44)32(41)28(22)31(29)40/h9-13,15,22-23,38-39,41,44-45,48H,4-8,14,16-19H2,1-3H3,(H2,36,43)/t22-,23+,35+/m1/s1. The van der Waals surface area contributed by atoms with E-state index < -0.39 is 60.1 Å². The van der Waals surface area contributed by atoms with E-state index in [1.807, 2.05) is 42.8 Å². The van der Waals surface area contributed by atoms with Crippen LogP contribution in [0.4, 0.5) is 0 Å². The second-order valence-corrected chi connectivity index (χ2v) is 14.9. The Morgan fingerprint density at radius 2 is 1.75 bits per heavy atom. The molecule has 0 unspecified atom stereocenters. The second kappa shape index (κ2) is 14.1. The molecule has 3 atom stereocenters. The second-order valence-electron chi connectivity index (χ2n) is 12.6. The molecule has 48 heavy (non-hydrogen) atoms. The number of benzene rings is 2. The van der Waals surface area contributed by atoms with Crippen molar-refractivity contribution >= 4 is 25.6 Å². The van der Waals surface area contributed by atoms with Crippen LogP contribution in [0.5, 0.6) is 5.75 Å². The average Bonchev–Trinajstić information content (AvgIpc) is 3.02. The third kappa shape index (κ3) is 6.17. The Hall–Kier alpha value is -3.64. The van der Waals surface area contributed by atoms with Crippen LogP contribution in [0.2, 0.25) is 0 Å². The number of primary amides is 1. The number of aromatic hydroxyl groups is 1. The minimum atomic E-state index is -3.68. The number of Topliss-reactive ketones (excluding diaryl/α,β-unsaturated/α-hetero) is 2. The molecule has 0 radical (unpaired) electrons. The fourth-order valence-electron chi connectivity index (χ4n) is 7.42. The van der Waals surface area contributed by atoms with Gasteiger partial charge in [0.2, 0.25) is 5.78 Å². The number of unbranched alkanes of at least 4 members (excludes halogenated alkanes) is 2. The molecule has 7 N–H and O–H groups in total. The molecular formula is C35H45N2O10P. The molecule has 0 spiro atoms. The van der Waals surface area contributed by atoms with Gasteiger partial charge < -0.3 is 15.9 Å². The number of amides is 1. The first-order chi connectivity index (χ1) is 22.8. The van der Waals surface area contributed by atoms with Crippen LogP contribution in [0.3, 0.4) is 0 Å². The van der Waals surface area contributed by atoms with E-state index in [2.05, 4.69) is 6.92 Å². The summed E-state index contributed by atoms with van der Waals surface area (Å²) < 4.78 is 13.5. The van der Waals surface area contributed by atoms with Gasteiger partial charge in [0.25, 0.3) is 5.91 Å². The number of rotatable bonds is 13. The quantitative estimate of drug-likeness (QED) is 0.0970. The Labute approximate surface area is 280 Å². The number of carbonyl (C=O) groups is 3. The summed E-state index contributed by atoms with van der Waals surface area (Å²) in [6.07, 6.45) is 2.78. The first-order valence-corrected chi connectivity index (χ1v) is 18.2. The summed E-state index contributed by atoms with van der Waals surface area (Å²) in [7, 11) is -3.68. The van der Waals surface area contributed by atoms with Crippen molar-refractivity contribution in [2.24, 2.45) is 17.6 Å². The van der Waals surface area contributed by atoms with Crippen molar-refractivity contribution in [2.75, 3.05) is 19.8 Å². The third-order valence-corrected chi connectivity index (χ3v) is 12.2. The van der Waals surface area contributed by atoms with Crippen molar-refractivity contribution in [3.05, 3.63) is 75.8 Å². The van der Waals surface area contributed by atoms with Gasteiger partial charge >= 0.3 is 232 Å². The molecule has 5 rings (SSSR count). The summed E-state index contributed by atoms with van der Waals surface area (Å²) in [4.78, 5) is 50.7. The maximum absolute atomic E-state index is 14.0. The fourth-order valence-corrected chi connectivity index (χ4v) is 9.44. The molecule has 2 aromatic carbocycles. The normalized spacial score (nSPS) is 22.9. The Bertz CT molecular complexity index is 1680. The number of phenols is 1. The van der Waals surface area contributed by atoms with Gasteiger partial charge in [0.15, 0.2) is 0 Å². The van der Waals surface area contributed by atoms with Crippen molar-refractivity contribution in [1.29, 1.82) is 0 Å². The number of fused-ring (bicyclic) bond motifs is 3. The van der Waals surface area contributed by atoms with Gasteiger partial charge in [-0.05, 0) is 0 Å². The van der Waals surface area contributed by atoms with E-state index in [-0.39, 0.29) is 36.1 Å². The average molecular weight is 685 g/mol. The molecular weight excluding hydrogens is 639 g/mol. The molecule has 13 heteroatoms. The summed E-state index contributed by atoms with van der Waals surface area (Å²) in [5.74, 6) is -6.68. The van der Waals surface area contributed by atoms with Crippen LogP contribution in [0.1, 0.15) is 74.4 Å². The van der Waals surface area contributed by atoms with Crippen molar-refractivity contribution in [2.45, 2.75) is 71.4 Å². The van der Waals surface area contributed by atoms with Gasteiger partial charge in [0.05, 0.1) is 0 Å². The van der Waals surface area contributed by atoms with Crippen LogP contribution < -0.4 is 5.73 Å². The Morgan fingerprint density at radius 1 is 1.04 bits per heavy atom. The first kappa shape index (κ1) is 35.7. The van der Waals surface area contributed by atoms with Crippen LogP contribution in [0.25, 0.3) is 11.1 Å². The SMILES string of the molecule is CCCCCN(Cc1cccc(-c2ccc(O)c3c2C[C@H]2C[C@H]4CC(O)=C(C(N)=O)C(=O)[C@@]4(O)C(O)=C2C3=O)c1)[PH](O)(OCC)OCC. The number of ketones is 2. The van der Waals surface area contributed by atoms with Crippen LogP contribution >= 0.6 is 8.09 Å². The van der Waals surface area contributed by atoms with Crippen LogP contribution in [-0.2, 0) is 31.6 Å². The zero-order chi connectivity index (χ0) is 35.0. The molecule has 0 aromatic heterocycles. The predicted octanol–water partition coefficient (Wildman–Crippen LogP) is 4.71. The number of aliphatic hydroxyl groups excluding tert-OH is 2.